The predicted molar refractivity (Wildman–Crippen MR) is 71.6 cm³/mol. The van der Waals surface area contributed by atoms with Crippen molar-refractivity contribution in [2.24, 2.45) is 0 Å². The van der Waals surface area contributed by atoms with E-state index in [1.807, 2.05) is 0 Å². The van der Waals surface area contributed by atoms with E-state index in [1.165, 1.54) is 18.2 Å². The molecule has 21 heavy (non-hydrogen) atoms. The summed E-state index contributed by atoms with van der Waals surface area (Å²) in [5.74, 6) is -0.858. The van der Waals surface area contributed by atoms with Crippen LogP contribution in [0, 0.1) is 0 Å². The van der Waals surface area contributed by atoms with Gasteiger partial charge in [-0.05, 0) is 23.8 Å². The molecule has 0 bridgehead atoms. The molecule has 2 unspecified atom stereocenters. The Morgan fingerprint density at radius 1 is 1.10 bits per heavy atom. The van der Waals surface area contributed by atoms with Crippen LogP contribution >= 0.6 is 0 Å². The van der Waals surface area contributed by atoms with Gasteiger partial charge in [-0.2, -0.15) is 0 Å². The van der Waals surface area contributed by atoms with E-state index in [9.17, 15) is 25.2 Å². The van der Waals surface area contributed by atoms with Gasteiger partial charge in [-0.3, -0.25) is 4.79 Å². The smallest absolute Gasteiger partial charge is 0.174 e. The van der Waals surface area contributed by atoms with Gasteiger partial charge in [0.25, 0.3) is 0 Å². The first-order valence-electron chi connectivity index (χ1n) is 6.50. The van der Waals surface area contributed by atoms with Crippen LogP contribution in [0.4, 0.5) is 0 Å². The maximum absolute atomic E-state index is 12.1. The summed E-state index contributed by atoms with van der Waals surface area (Å²) in [6.45, 7) is 0. The Morgan fingerprint density at radius 3 is 2.57 bits per heavy atom. The van der Waals surface area contributed by atoms with Crippen LogP contribution in [0.3, 0.4) is 0 Å². The summed E-state index contributed by atoms with van der Waals surface area (Å²) < 4.78 is 5.65. The summed E-state index contributed by atoms with van der Waals surface area (Å²) in [5.41, 5.74) is 0.637. The lowest BCUT2D eigenvalue weighted by atomic mass is 9.90. The minimum atomic E-state index is -0.900. The minimum absolute atomic E-state index is 0.00139. The van der Waals surface area contributed by atoms with Gasteiger partial charge in [0.1, 0.15) is 17.6 Å². The van der Waals surface area contributed by atoms with E-state index in [-0.39, 0.29) is 47.2 Å². The molecule has 1 aromatic carbocycles. The number of phenolic OH excluding ortho intramolecular Hbond substituents is 2. The van der Waals surface area contributed by atoms with Crippen molar-refractivity contribution >= 4 is 5.78 Å². The van der Waals surface area contributed by atoms with Gasteiger partial charge < -0.3 is 25.2 Å². The third-order valence-electron chi connectivity index (χ3n) is 3.57. The highest BCUT2D eigenvalue weighted by Gasteiger charge is 2.35. The first-order valence-corrected chi connectivity index (χ1v) is 6.50. The fourth-order valence-corrected chi connectivity index (χ4v) is 2.55. The number of aliphatic hydroxyl groups excluding tert-OH is 2. The van der Waals surface area contributed by atoms with Crippen LogP contribution in [0.1, 0.15) is 24.5 Å². The maximum atomic E-state index is 12.1. The van der Waals surface area contributed by atoms with Gasteiger partial charge in [-0.1, -0.05) is 6.07 Å². The average Bonchev–Trinajstić information content (AvgIpc) is 2.40. The van der Waals surface area contributed by atoms with Crippen LogP contribution in [0.2, 0.25) is 0 Å². The molecule has 2 atom stereocenters. The van der Waals surface area contributed by atoms with Crippen molar-refractivity contribution in [1.29, 1.82) is 0 Å². The number of hydrogen-bond donors (Lipinski definition) is 4. The average molecular weight is 290 g/mol. The Hall–Kier alpha value is -2.47. The van der Waals surface area contributed by atoms with Gasteiger partial charge in [0.05, 0.1) is 18.1 Å². The number of benzene rings is 1. The molecule has 2 aliphatic rings. The lowest BCUT2D eigenvalue weighted by molar-refractivity contribution is -0.120. The lowest BCUT2D eigenvalue weighted by Gasteiger charge is -2.30. The summed E-state index contributed by atoms with van der Waals surface area (Å²) in [6, 6.07) is 4.18. The molecule has 110 valence electrons. The topological polar surface area (TPSA) is 107 Å². The van der Waals surface area contributed by atoms with Crippen molar-refractivity contribution in [2.45, 2.75) is 25.0 Å². The van der Waals surface area contributed by atoms with Gasteiger partial charge in [0.2, 0.25) is 0 Å². The number of rotatable bonds is 1. The fraction of sp³-hybridized carbons (Fsp3) is 0.267. The third kappa shape index (κ3) is 2.34. The fourth-order valence-electron chi connectivity index (χ4n) is 2.55. The molecule has 1 heterocycles. The molecule has 0 aromatic heterocycles. The molecule has 0 spiro atoms. The molecule has 1 aliphatic carbocycles. The first kappa shape index (κ1) is 13.5. The second-order valence-corrected chi connectivity index (χ2v) is 5.11. The molecule has 0 radical (unpaired) electrons. The Bertz CT molecular complexity index is 673. The molecule has 1 aromatic rings. The number of hydrogen-bond acceptors (Lipinski definition) is 6. The molecule has 6 nitrogen and oxygen atoms in total. The number of aromatic hydroxyl groups is 2. The molecule has 1 saturated heterocycles. The first-order chi connectivity index (χ1) is 9.95. The highest BCUT2D eigenvalue weighted by molar-refractivity contribution is 6.01. The highest BCUT2D eigenvalue weighted by Crippen LogP contribution is 2.40. The van der Waals surface area contributed by atoms with E-state index in [1.54, 1.807) is 6.07 Å². The van der Waals surface area contributed by atoms with E-state index in [0.29, 0.717) is 5.56 Å². The van der Waals surface area contributed by atoms with Crippen molar-refractivity contribution < 1.29 is 30.0 Å². The number of fused-ring (bicyclic) bond motifs is 1. The standard InChI is InChI=1S/C15H14O6/c16-8-4-11(19)15-12(20)6-13(21-14(15)5-8)7-1-2-9(17)10(18)3-7/h1-3,5,8,13,16-19H,4,6H2. The van der Waals surface area contributed by atoms with Gasteiger partial charge in [-0.15, -0.1) is 0 Å². The van der Waals surface area contributed by atoms with Crippen LogP contribution in [-0.4, -0.2) is 32.3 Å². The molecule has 1 aliphatic heterocycles. The quantitative estimate of drug-likeness (QED) is 0.585. The number of aliphatic hydroxyl groups is 2. The second kappa shape index (κ2) is 4.82. The van der Waals surface area contributed by atoms with Crippen molar-refractivity contribution in [2.75, 3.05) is 0 Å². The summed E-state index contributed by atoms with van der Waals surface area (Å²) in [5, 5.41) is 38.2. The summed E-state index contributed by atoms with van der Waals surface area (Å²) >= 11 is 0. The van der Waals surface area contributed by atoms with Gasteiger partial charge >= 0.3 is 0 Å². The highest BCUT2D eigenvalue weighted by atomic mass is 16.5. The summed E-state index contributed by atoms with van der Waals surface area (Å²) in [4.78, 5) is 12.1. The second-order valence-electron chi connectivity index (χ2n) is 5.11. The number of ether oxygens (including phenoxy) is 1. The monoisotopic (exact) mass is 290 g/mol. The van der Waals surface area contributed by atoms with E-state index >= 15 is 0 Å². The molecular formula is C15H14O6. The molecule has 6 heteroatoms. The zero-order valence-corrected chi connectivity index (χ0v) is 11.0. The van der Waals surface area contributed by atoms with Gasteiger partial charge in [-0.25, -0.2) is 0 Å². The predicted octanol–water partition coefficient (Wildman–Crippen LogP) is 1.59. The van der Waals surface area contributed by atoms with Crippen LogP contribution in [0.5, 0.6) is 11.5 Å². The van der Waals surface area contributed by atoms with Gasteiger partial charge in [0, 0.05) is 6.42 Å². The number of ketones is 1. The molecule has 1 fully saturated rings. The van der Waals surface area contributed by atoms with Crippen LogP contribution in [-0.2, 0) is 9.53 Å². The SMILES string of the molecule is O=C1CC(c2ccc(O)c(O)c2)OC2=CC(O)CC(O)=C12. The van der Waals surface area contributed by atoms with Crippen molar-refractivity contribution in [3.8, 4) is 11.5 Å². The number of carbonyl (C=O) groups is 1. The molecule has 4 N–H and O–H groups in total. The Kier molecular flexibility index (Phi) is 3.10. The van der Waals surface area contributed by atoms with E-state index in [0.717, 1.165) is 0 Å². The van der Waals surface area contributed by atoms with E-state index in [4.69, 9.17) is 4.74 Å². The van der Waals surface area contributed by atoms with Crippen LogP contribution in [0.25, 0.3) is 0 Å². The molecule has 0 saturated carbocycles. The maximum Gasteiger partial charge on any atom is 0.174 e. The molecule has 3 rings (SSSR count). The number of Topliss-reactive ketones (excluding diaryl/α,β-unsaturated/α-hetero) is 1. The van der Waals surface area contributed by atoms with Crippen molar-refractivity contribution in [1.82, 2.24) is 0 Å². The lowest BCUT2D eigenvalue weighted by Crippen LogP contribution is -2.27. The third-order valence-corrected chi connectivity index (χ3v) is 3.57. The normalized spacial score (nSPS) is 25.2. The van der Waals surface area contributed by atoms with Crippen molar-refractivity contribution in [3.63, 3.8) is 0 Å². The van der Waals surface area contributed by atoms with E-state index in [2.05, 4.69) is 0 Å². The number of phenols is 2. The van der Waals surface area contributed by atoms with Crippen molar-refractivity contribution in [3.05, 3.63) is 46.9 Å². The summed E-state index contributed by atoms with van der Waals surface area (Å²) in [6.07, 6.45) is -0.143. The minimum Gasteiger partial charge on any atom is -0.511 e. The largest absolute Gasteiger partial charge is 0.511 e. The summed E-state index contributed by atoms with van der Waals surface area (Å²) in [7, 11) is 0. The Balaban J connectivity index is 1.94. The van der Waals surface area contributed by atoms with Gasteiger partial charge in [0.15, 0.2) is 17.3 Å². The van der Waals surface area contributed by atoms with Crippen LogP contribution < -0.4 is 0 Å². The Labute approximate surface area is 120 Å². The number of allylic oxidation sites excluding steroid dienone is 1. The molecule has 0 amide bonds. The Morgan fingerprint density at radius 2 is 1.86 bits per heavy atom. The zero-order chi connectivity index (χ0) is 15.1. The number of carbonyl (C=O) groups excluding carboxylic acids is 1. The zero-order valence-electron chi connectivity index (χ0n) is 11.0. The van der Waals surface area contributed by atoms with Crippen LogP contribution in [0.15, 0.2) is 41.4 Å². The molecular weight excluding hydrogens is 276 g/mol. The van der Waals surface area contributed by atoms with E-state index < -0.39 is 12.2 Å².